The molecule has 0 unspecified atom stereocenters. The van der Waals surface area contributed by atoms with Gasteiger partial charge in [-0.2, -0.15) is 0 Å². The number of hydrogen-bond acceptors (Lipinski definition) is 3. The van der Waals surface area contributed by atoms with Crippen LogP contribution in [0.2, 0.25) is 0 Å². The van der Waals surface area contributed by atoms with Gasteiger partial charge >= 0.3 is 0 Å². The number of nitrogens with zero attached hydrogens (tertiary/aromatic N) is 2. The molecule has 0 radical (unpaired) electrons. The van der Waals surface area contributed by atoms with Crippen LogP contribution in [0.5, 0.6) is 0 Å². The minimum Gasteiger partial charge on any atom is -0.333 e. The molecule has 0 rings (SSSR count). The Hall–Kier alpha value is -0.650. The second kappa shape index (κ2) is 16.5. The van der Waals surface area contributed by atoms with Gasteiger partial charge in [0.25, 0.3) is 11.1 Å². The van der Waals surface area contributed by atoms with Crippen molar-refractivity contribution in [3.63, 3.8) is 0 Å². The lowest BCUT2D eigenvalue weighted by Gasteiger charge is -2.25. The molecule has 0 saturated heterocycles. The second-order valence-corrected chi connectivity index (χ2v) is 8.82. The molecule has 26 heavy (non-hydrogen) atoms. The van der Waals surface area contributed by atoms with E-state index in [-0.39, 0.29) is 11.1 Å². The van der Waals surface area contributed by atoms with Crippen LogP contribution in [0.1, 0.15) is 34.6 Å². The molecule has 0 fully saturated rings. The molecule has 0 atom stereocenters. The van der Waals surface area contributed by atoms with Crippen LogP contribution in [-0.4, -0.2) is 57.7 Å². The van der Waals surface area contributed by atoms with E-state index in [1.165, 1.54) is 16.7 Å². The molecule has 2 amide bonds. The summed E-state index contributed by atoms with van der Waals surface area (Å²) in [6, 6.07) is 0. The SMILES string of the molecule is C=CCN(CC=C)C(=O)C(Cl)Cl.CCSC(=O)N(CC(C)C)CC(C)C. The van der Waals surface area contributed by atoms with E-state index in [0.717, 1.165) is 18.8 Å². The third-order valence-electron chi connectivity index (χ3n) is 2.89. The van der Waals surface area contributed by atoms with Gasteiger partial charge in [0.2, 0.25) is 0 Å². The van der Waals surface area contributed by atoms with Gasteiger partial charge in [0.15, 0.2) is 4.84 Å². The maximum Gasteiger partial charge on any atom is 0.281 e. The van der Waals surface area contributed by atoms with Gasteiger partial charge in [0.1, 0.15) is 0 Å². The third kappa shape index (κ3) is 14.5. The molecule has 0 aromatic rings. The van der Waals surface area contributed by atoms with Crippen LogP contribution in [0, 0.1) is 11.8 Å². The predicted molar refractivity (Wildman–Crippen MR) is 117 cm³/mol. The summed E-state index contributed by atoms with van der Waals surface area (Å²) in [6.45, 7) is 20.3. The van der Waals surface area contributed by atoms with E-state index in [4.69, 9.17) is 23.2 Å². The topological polar surface area (TPSA) is 40.6 Å². The molecule has 0 saturated carbocycles. The van der Waals surface area contributed by atoms with Crippen LogP contribution < -0.4 is 0 Å². The summed E-state index contributed by atoms with van der Waals surface area (Å²) in [7, 11) is 0. The summed E-state index contributed by atoms with van der Waals surface area (Å²) in [5.74, 6) is 1.65. The van der Waals surface area contributed by atoms with E-state index in [9.17, 15) is 9.59 Å². The Labute approximate surface area is 174 Å². The lowest BCUT2D eigenvalue weighted by atomic mass is 10.1. The summed E-state index contributed by atoms with van der Waals surface area (Å²) >= 11 is 12.2. The zero-order valence-corrected chi connectivity index (χ0v) is 19.0. The van der Waals surface area contributed by atoms with Gasteiger partial charge < -0.3 is 9.80 Å². The number of amides is 2. The molecular formula is C19H34Cl2N2O2S. The normalized spacial score (nSPS) is 10.4. The highest BCUT2D eigenvalue weighted by Crippen LogP contribution is 2.12. The number of carbonyl (C=O) groups is 2. The quantitative estimate of drug-likeness (QED) is 0.345. The van der Waals surface area contributed by atoms with Crippen molar-refractivity contribution < 1.29 is 9.59 Å². The molecule has 152 valence electrons. The molecule has 0 bridgehead atoms. The van der Waals surface area contributed by atoms with Crippen LogP contribution >= 0.6 is 35.0 Å². The molecule has 0 aromatic carbocycles. The number of alkyl halides is 2. The molecule has 0 spiro atoms. The van der Waals surface area contributed by atoms with Gasteiger partial charge in [0, 0.05) is 26.2 Å². The van der Waals surface area contributed by atoms with E-state index in [0.29, 0.717) is 24.9 Å². The van der Waals surface area contributed by atoms with Crippen molar-refractivity contribution in [1.82, 2.24) is 9.80 Å². The molecule has 0 heterocycles. The number of halogens is 2. The Balaban J connectivity index is 0. The van der Waals surface area contributed by atoms with Crippen molar-refractivity contribution in [2.45, 2.75) is 39.5 Å². The monoisotopic (exact) mass is 424 g/mol. The average molecular weight is 425 g/mol. The molecule has 4 nitrogen and oxygen atoms in total. The second-order valence-electron chi connectivity index (χ2n) is 6.51. The summed E-state index contributed by atoms with van der Waals surface area (Å²) < 4.78 is 0. The minimum atomic E-state index is -1.01. The standard InChI is InChI=1S/C11H23NOS.C8H11Cl2NO/c1-6-14-11(13)12(7-9(2)3)8-10(4)5;1-3-5-11(6-4-2)8(12)7(9)10/h9-10H,6-8H2,1-5H3;3-4,7H,1-2,5-6H2. The fraction of sp³-hybridized carbons (Fsp3) is 0.684. The molecule has 0 aliphatic heterocycles. The maximum atomic E-state index is 11.7. The zero-order chi connectivity index (χ0) is 20.7. The highest BCUT2D eigenvalue weighted by atomic mass is 35.5. The number of thioether (sulfide) groups is 1. The fourth-order valence-electron chi connectivity index (χ4n) is 2.02. The van der Waals surface area contributed by atoms with Crippen molar-refractivity contribution in [1.29, 1.82) is 0 Å². The fourth-order valence-corrected chi connectivity index (χ4v) is 2.88. The molecule has 7 heteroatoms. The first kappa shape index (κ1) is 27.6. The van der Waals surface area contributed by atoms with Gasteiger partial charge in [-0.05, 0) is 17.6 Å². The highest BCUT2D eigenvalue weighted by Gasteiger charge is 2.17. The number of rotatable bonds is 10. The lowest BCUT2D eigenvalue weighted by Crippen LogP contribution is -2.35. The lowest BCUT2D eigenvalue weighted by molar-refractivity contribution is -0.128. The van der Waals surface area contributed by atoms with Crippen LogP contribution in [0.4, 0.5) is 4.79 Å². The van der Waals surface area contributed by atoms with Crippen molar-refractivity contribution in [2.75, 3.05) is 31.9 Å². The van der Waals surface area contributed by atoms with Gasteiger partial charge in [-0.1, -0.05) is 81.7 Å². The molecule has 0 aromatic heterocycles. The Kier molecular flexibility index (Phi) is 17.5. The number of hydrogen-bond donors (Lipinski definition) is 0. The summed E-state index contributed by atoms with van der Waals surface area (Å²) in [4.78, 5) is 25.3. The molecule has 0 N–H and O–H groups in total. The average Bonchev–Trinajstić information content (AvgIpc) is 2.53. The Morgan fingerprint density at radius 1 is 0.962 bits per heavy atom. The minimum absolute atomic E-state index is 0.231. The van der Waals surface area contributed by atoms with Crippen LogP contribution in [-0.2, 0) is 4.79 Å². The zero-order valence-electron chi connectivity index (χ0n) is 16.7. The van der Waals surface area contributed by atoms with Gasteiger partial charge in [-0.3, -0.25) is 9.59 Å². The largest absolute Gasteiger partial charge is 0.333 e. The maximum absolute atomic E-state index is 11.7. The van der Waals surface area contributed by atoms with Crippen LogP contribution in [0.3, 0.4) is 0 Å². The molecule has 0 aliphatic rings. The summed E-state index contributed by atoms with van der Waals surface area (Å²) in [5.41, 5.74) is 0. The summed E-state index contributed by atoms with van der Waals surface area (Å²) in [6.07, 6.45) is 3.22. The van der Waals surface area contributed by atoms with Crippen LogP contribution in [0.15, 0.2) is 25.3 Å². The van der Waals surface area contributed by atoms with Crippen LogP contribution in [0.25, 0.3) is 0 Å². The van der Waals surface area contributed by atoms with Crippen molar-refractivity contribution in [3.8, 4) is 0 Å². The Bertz CT molecular complexity index is 410. The number of carbonyl (C=O) groups excluding carboxylic acids is 2. The molecular weight excluding hydrogens is 391 g/mol. The Morgan fingerprint density at radius 3 is 1.65 bits per heavy atom. The van der Waals surface area contributed by atoms with E-state index in [1.54, 1.807) is 12.2 Å². The Morgan fingerprint density at radius 2 is 1.38 bits per heavy atom. The van der Waals surface area contributed by atoms with Crippen molar-refractivity contribution >= 4 is 46.1 Å². The van der Waals surface area contributed by atoms with Crippen molar-refractivity contribution in [3.05, 3.63) is 25.3 Å². The van der Waals surface area contributed by atoms with Gasteiger partial charge in [-0.25, -0.2) is 0 Å². The molecule has 0 aliphatic carbocycles. The van der Waals surface area contributed by atoms with E-state index >= 15 is 0 Å². The van der Waals surface area contributed by atoms with Gasteiger partial charge in [0.05, 0.1) is 0 Å². The van der Waals surface area contributed by atoms with E-state index in [1.807, 2.05) is 11.8 Å². The first-order chi connectivity index (χ1) is 12.1. The smallest absolute Gasteiger partial charge is 0.281 e. The van der Waals surface area contributed by atoms with Crippen molar-refractivity contribution in [2.24, 2.45) is 11.8 Å². The third-order valence-corrected chi connectivity index (χ3v) is 4.06. The van der Waals surface area contributed by atoms with Gasteiger partial charge in [-0.15, -0.1) is 13.2 Å². The summed E-state index contributed by atoms with van der Waals surface area (Å²) in [5, 5.41) is 0.231. The first-order valence-corrected chi connectivity index (χ1v) is 10.7. The highest BCUT2D eigenvalue weighted by molar-refractivity contribution is 8.13. The first-order valence-electron chi connectivity index (χ1n) is 8.80. The van der Waals surface area contributed by atoms with E-state index < -0.39 is 4.84 Å². The predicted octanol–water partition coefficient (Wildman–Crippen LogP) is 5.46. The van der Waals surface area contributed by atoms with E-state index in [2.05, 4.69) is 40.9 Å².